The summed E-state index contributed by atoms with van der Waals surface area (Å²) >= 11 is 0. The maximum atomic E-state index is 12.6. The number of hydrogen-bond donors (Lipinski definition) is 2. The summed E-state index contributed by atoms with van der Waals surface area (Å²) in [6.07, 6.45) is 2.48. The molecule has 7 nitrogen and oxygen atoms in total. The van der Waals surface area contributed by atoms with Crippen LogP contribution in [0.4, 0.5) is 0 Å². The minimum absolute atomic E-state index is 0.104. The van der Waals surface area contributed by atoms with Crippen molar-refractivity contribution >= 4 is 22.9 Å². The molecule has 2 rings (SSSR count). The van der Waals surface area contributed by atoms with Crippen LogP contribution in [0.1, 0.15) is 49.2 Å². The number of aryl methyl sites for hydroxylation is 2. The van der Waals surface area contributed by atoms with Crippen LogP contribution < -0.4 is 5.32 Å². The first-order chi connectivity index (χ1) is 10.8. The summed E-state index contributed by atoms with van der Waals surface area (Å²) in [4.78, 5) is 27.9. The Kier molecular flexibility index (Phi) is 4.68. The summed E-state index contributed by atoms with van der Waals surface area (Å²) in [5.41, 5.74) is 1.17. The zero-order valence-electron chi connectivity index (χ0n) is 13.9. The van der Waals surface area contributed by atoms with Crippen LogP contribution in [0.25, 0.3) is 11.0 Å². The molecular formula is C16H22N4O3. The van der Waals surface area contributed by atoms with E-state index in [1.54, 1.807) is 17.8 Å². The van der Waals surface area contributed by atoms with Crippen molar-refractivity contribution in [2.75, 3.05) is 0 Å². The topological polar surface area (TPSA) is 97.1 Å². The van der Waals surface area contributed by atoms with Crippen molar-refractivity contribution in [3.8, 4) is 0 Å². The standard InChI is InChI=1S/C16H22N4O3/c1-5-16(6-2,8-13(21)22)18-15(23)11-7-12-10(3)19-20(4)14(12)17-9-11/h7,9H,5-6,8H2,1-4H3,(H,18,23)(H,21,22). The van der Waals surface area contributed by atoms with Gasteiger partial charge < -0.3 is 10.4 Å². The van der Waals surface area contributed by atoms with Gasteiger partial charge in [-0.3, -0.25) is 14.3 Å². The van der Waals surface area contributed by atoms with Crippen molar-refractivity contribution in [3.63, 3.8) is 0 Å². The molecule has 0 spiro atoms. The van der Waals surface area contributed by atoms with Gasteiger partial charge in [0.25, 0.3) is 5.91 Å². The second kappa shape index (κ2) is 6.36. The van der Waals surface area contributed by atoms with E-state index in [2.05, 4.69) is 15.4 Å². The van der Waals surface area contributed by atoms with E-state index < -0.39 is 11.5 Å². The Morgan fingerprint density at radius 1 is 1.35 bits per heavy atom. The van der Waals surface area contributed by atoms with E-state index in [9.17, 15) is 9.59 Å². The van der Waals surface area contributed by atoms with E-state index in [-0.39, 0.29) is 12.3 Å². The van der Waals surface area contributed by atoms with Gasteiger partial charge in [0.1, 0.15) is 0 Å². The lowest BCUT2D eigenvalue weighted by atomic mass is 9.88. The molecule has 1 amide bonds. The maximum Gasteiger partial charge on any atom is 0.305 e. The molecule has 0 saturated carbocycles. The number of rotatable bonds is 6. The quantitative estimate of drug-likeness (QED) is 0.849. The Bertz CT molecular complexity index is 747. The van der Waals surface area contributed by atoms with Crippen molar-refractivity contribution in [1.82, 2.24) is 20.1 Å². The van der Waals surface area contributed by atoms with Crippen LogP contribution >= 0.6 is 0 Å². The molecule has 0 saturated heterocycles. The second-order valence-electron chi connectivity index (χ2n) is 5.82. The monoisotopic (exact) mass is 318 g/mol. The van der Waals surface area contributed by atoms with Crippen LogP contribution in [-0.4, -0.2) is 37.3 Å². The van der Waals surface area contributed by atoms with Crippen LogP contribution in [0.15, 0.2) is 12.3 Å². The lowest BCUT2D eigenvalue weighted by molar-refractivity contribution is -0.138. The van der Waals surface area contributed by atoms with Crippen molar-refractivity contribution in [2.45, 2.75) is 45.6 Å². The van der Waals surface area contributed by atoms with Gasteiger partial charge in [-0.2, -0.15) is 5.10 Å². The molecule has 0 unspecified atom stereocenters. The number of aliphatic carboxylic acids is 1. The van der Waals surface area contributed by atoms with Crippen LogP contribution in [0.3, 0.4) is 0 Å². The smallest absolute Gasteiger partial charge is 0.305 e. The van der Waals surface area contributed by atoms with Crippen LogP contribution in [0.2, 0.25) is 0 Å². The number of nitrogens with one attached hydrogen (secondary N) is 1. The van der Waals surface area contributed by atoms with Crippen molar-refractivity contribution in [3.05, 3.63) is 23.5 Å². The molecule has 0 aromatic carbocycles. The number of hydrogen-bond acceptors (Lipinski definition) is 4. The summed E-state index contributed by atoms with van der Waals surface area (Å²) in [7, 11) is 1.80. The highest BCUT2D eigenvalue weighted by atomic mass is 16.4. The summed E-state index contributed by atoms with van der Waals surface area (Å²) in [5.74, 6) is -1.24. The number of carbonyl (C=O) groups excluding carboxylic acids is 1. The van der Waals surface area contributed by atoms with E-state index in [0.29, 0.717) is 24.1 Å². The van der Waals surface area contributed by atoms with Gasteiger partial charge in [0.05, 0.1) is 23.2 Å². The highest BCUT2D eigenvalue weighted by Gasteiger charge is 2.31. The molecule has 2 N–H and O–H groups in total. The fourth-order valence-corrected chi connectivity index (χ4v) is 2.76. The van der Waals surface area contributed by atoms with Crippen LogP contribution in [-0.2, 0) is 11.8 Å². The summed E-state index contributed by atoms with van der Waals surface area (Å²) in [6, 6.07) is 1.75. The summed E-state index contributed by atoms with van der Waals surface area (Å²) in [5, 5.41) is 17.1. The number of pyridine rings is 1. The molecule has 0 aliphatic heterocycles. The lowest BCUT2D eigenvalue weighted by Crippen LogP contribution is -2.49. The molecular weight excluding hydrogens is 296 g/mol. The fraction of sp³-hybridized carbons (Fsp3) is 0.500. The average Bonchev–Trinajstić information content (AvgIpc) is 2.80. The van der Waals surface area contributed by atoms with Gasteiger partial charge in [-0.25, -0.2) is 4.98 Å². The normalized spacial score (nSPS) is 11.7. The zero-order valence-corrected chi connectivity index (χ0v) is 13.9. The third kappa shape index (κ3) is 3.33. The summed E-state index contributed by atoms with van der Waals surface area (Å²) < 4.78 is 1.67. The van der Waals surface area contributed by atoms with Gasteiger partial charge in [0.15, 0.2) is 5.65 Å². The molecule has 0 fully saturated rings. The minimum Gasteiger partial charge on any atom is -0.481 e. The van der Waals surface area contributed by atoms with Crippen LogP contribution in [0.5, 0.6) is 0 Å². The first-order valence-electron chi connectivity index (χ1n) is 7.65. The highest BCUT2D eigenvalue weighted by Crippen LogP contribution is 2.22. The Balaban J connectivity index is 2.32. The lowest BCUT2D eigenvalue weighted by Gasteiger charge is -2.31. The van der Waals surface area contributed by atoms with Gasteiger partial charge in [0.2, 0.25) is 0 Å². The van der Waals surface area contributed by atoms with Gasteiger partial charge in [-0.15, -0.1) is 0 Å². The molecule has 0 atom stereocenters. The first kappa shape index (κ1) is 16.9. The predicted molar refractivity (Wildman–Crippen MR) is 86.3 cm³/mol. The SMILES string of the molecule is CCC(CC)(CC(=O)O)NC(=O)c1cnc2c(c1)c(C)nn2C. The van der Waals surface area contributed by atoms with E-state index >= 15 is 0 Å². The Morgan fingerprint density at radius 3 is 2.57 bits per heavy atom. The third-order valence-electron chi connectivity index (χ3n) is 4.35. The molecule has 2 aromatic heterocycles. The van der Waals surface area contributed by atoms with Crippen molar-refractivity contribution in [2.24, 2.45) is 7.05 Å². The molecule has 0 aliphatic rings. The zero-order chi connectivity index (χ0) is 17.2. The third-order valence-corrected chi connectivity index (χ3v) is 4.35. The molecule has 2 heterocycles. The molecule has 124 valence electrons. The van der Waals surface area contributed by atoms with E-state index in [4.69, 9.17) is 5.11 Å². The van der Waals surface area contributed by atoms with Gasteiger partial charge in [0, 0.05) is 18.6 Å². The Morgan fingerprint density at radius 2 is 2.00 bits per heavy atom. The molecule has 2 aromatic rings. The number of carbonyl (C=O) groups is 2. The minimum atomic E-state index is -0.925. The Hall–Kier alpha value is -2.44. The molecule has 0 radical (unpaired) electrons. The fourth-order valence-electron chi connectivity index (χ4n) is 2.76. The second-order valence-corrected chi connectivity index (χ2v) is 5.82. The predicted octanol–water partition coefficient (Wildman–Crippen LogP) is 2.04. The van der Waals surface area contributed by atoms with E-state index in [1.165, 1.54) is 6.20 Å². The number of carboxylic acids is 1. The maximum absolute atomic E-state index is 12.6. The van der Waals surface area contributed by atoms with Gasteiger partial charge >= 0.3 is 5.97 Å². The number of fused-ring (bicyclic) bond motifs is 1. The number of amides is 1. The average molecular weight is 318 g/mol. The van der Waals surface area contributed by atoms with Gasteiger partial charge in [-0.1, -0.05) is 13.8 Å². The largest absolute Gasteiger partial charge is 0.481 e. The number of nitrogens with zero attached hydrogens (tertiary/aromatic N) is 3. The molecule has 7 heteroatoms. The highest BCUT2D eigenvalue weighted by molar-refractivity contribution is 5.97. The number of carboxylic acid groups (broad SMARTS) is 1. The Labute approximate surface area is 134 Å². The number of aromatic nitrogens is 3. The molecule has 0 bridgehead atoms. The molecule has 23 heavy (non-hydrogen) atoms. The summed E-state index contributed by atoms with van der Waals surface area (Å²) in [6.45, 7) is 5.61. The van der Waals surface area contributed by atoms with E-state index in [0.717, 1.165) is 11.1 Å². The van der Waals surface area contributed by atoms with Crippen molar-refractivity contribution in [1.29, 1.82) is 0 Å². The van der Waals surface area contributed by atoms with Crippen LogP contribution in [0, 0.1) is 6.92 Å². The molecule has 0 aliphatic carbocycles. The van der Waals surface area contributed by atoms with Gasteiger partial charge in [-0.05, 0) is 25.8 Å². The van der Waals surface area contributed by atoms with Crippen molar-refractivity contribution < 1.29 is 14.7 Å². The first-order valence-corrected chi connectivity index (χ1v) is 7.65. The van der Waals surface area contributed by atoms with E-state index in [1.807, 2.05) is 20.8 Å².